The van der Waals surface area contributed by atoms with E-state index in [0.717, 1.165) is 19.3 Å². The first-order valence-electron chi connectivity index (χ1n) is 7.48. The lowest BCUT2D eigenvalue weighted by atomic mass is 9.56. The van der Waals surface area contributed by atoms with Crippen molar-refractivity contribution in [3.8, 4) is 0 Å². The molecule has 1 aliphatic carbocycles. The second-order valence-corrected chi connectivity index (χ2v) is 5.99. The van der Waals surface area contributed by atoms with Gasteiger partial charge in [-0.05, 0) is 42.5 Å². The monoisotopic (exact) mass is 285 g/mol. The van der Waals surface area contributed by atoms with Crippen LogP contribution >= 0.6 is 0 Å². The molecule has 2 atom stereocenters. The second-order valence-electron chi connectivity index (χ2n) is 5.99. The third-order valence-corrected chi connectivity index (χ3v) is 5.03. The van der Waals surface area contributed by atoms with E-state index >= 15 is 0 Å². The third-order valence-electron chi connectivity index (χ3n) is 5.03. The molecule has 1 aliphatic rings. The fourth-order valence-corrected chi connectivity index (χ4v) is 3.50. The van der Waals surface area contributed by atoms with Crippen molar-refractivity contribution in [3.63, 3.8) is 0 Å². The van der Waals surface area contributed by atoms with E-state index in [-0.39, 0.29) is 17.2 Å². The van der Waals surface area contributed by atoms with Gasteiger partial charge in [0.25, 0.3) is 0 Å². The number of aromatic nitrogens is 1. The Kier molecular flexibility index (Phi) is 3.77. The Morgan fingerprint density at radius 1 is 1.14 bits per heavy atom. The van der Waals surface area contributed by atoms with Gasteiger partial charge < -0.3 is 5.11 Å². The molecule has 3 heteroatoms. The average molecular weight is 285 g/mol. The lowest BCUT2D eigenvalue weighted by Crippen LogP contribution is -2.41. The maximum Gasteiger partial charge on any atom is 0.126 e. The predicted molar refractivity (Wildman–Crippen MR) is 80.3 cm³/mol. The molecule has 1 fully saturated rings. The van der Waals surface area contributed by atoms with Crippen molar-refractivity contribution in [1.29, 1.82) is 0 Å². The van der Waals surface area contributed by atoms with Crippen LogP contribution in [-0.2, 0) is 0 Å². The minimum Gasteiger partial charge on any atom is -0.386 e. The van der Waals surface area contributed by atoms with Crippen LogP contribution in [0.5, 0.6) is 0 Å². The SMILES string of the molecule is CC(c1ccccc1F)C1(C(O)c2ccccn2)CCC1. The van der Waals surface area contributed by atoms with Crippen LogP contribution in [0.1, 0.15) is 49.5 Å². The number of nitrogens with zero attached hydrogens (tertiary/aromatic N) is 1. The number of benzene rings is 1. The van der Waals surface area contributed by atoms with Gasteiger partial charge in [-0.1, -0.05) is 37.6 Å². The highest BCUT2D eigenvalue weighted by atomic mass is 19.1. The van der Waals surface area contributed by atoms with E-state index in [1.54, 1.807) is 12.3 Å². The number of rotatable bonds is 4. The van der Waals surface area contributed by atoms with E-state index < -0.39 is 6.10 Å². The number of aliphatic hydroxyl groups excluding tert-OH is 1. The van der Waals surface area contributed by atoms with Crippen LogP contribution in [0.2, 0.25) is 0 Å². The minimum absolute atomic E-state index is 0.0375. The van der Waals surface area contributed by atoms with Crippen LogP contribution in [0.25, 0.3) is 0 Å². The van der Waals surface area contributed by atoms with Gasteiger partial charge in [0.05, 0.1) is 5.69 Å². The summed E-state index contributed by atoms with van der Waals surface area (Å²) in [7, 11) is 0. The van der Waals surface area contributed by atoms with Crippen molar-refractivity contribution in [2.75, 3.05) is 0 Å². The summed E-state index contributed by atoms with van der Waals surface area (Å²) in [5.41, 5.74) is 1.06. The molecule has 1 aromatic carbocycles. The van der Waals surface area contributed by atoms with Gasteiger partial charge in [0.2, 0.25) is 0 Å². The molecule has 0 saturated heterocycles. The summed E-state index contributed by atoms with van der Waals surface area (Å²) < 4.78 is 14.1. The molecule has 2 unspecified atom stereocenters. The van der Waals surface area contributed by atoms with Crippen molar-refractivity contribution >= 4 is 0 Å². The first kappa shape index (κ1) is 14.2. The second kappa shape index (κ2) is 5.57. The van der Waals surface area contributed by atoms with E-state index in [2.05, 4.69) is 4.98 Å². The van der Waals surface area contributed by atoms with Gasteiger partial charge in [0, 0.05) is 11.6 Å². The Hall–Kier alpha value is -1.74. The average Bonchev–Trinajstić information content (AvgIpc) is 2.47. The lowest BCUT2D eigenvalue weighted by molar-refractivity contribution is -0.0575. The van der Waals surface area contributed by atoms with Crippen LogP contribution in [0.15, 0.2) is 48.7 Å². The van der Waals surface area contributed by atoms with Crippen molar-refractivity contribution in [2.45, 2.75) is 38.2 Å². The Labute approximate surface area is 124 Å². The summed E-state index contributed by atoms with van der Waals surface area (Å²) in [6.45, 7) is 2.02. The van der Waals surface area contributed by atoms with Gasteiger partial charge in [-0.3, -0.25) is 4.98 Å². The third kappa shape index (κ3) is 2.36. The summed E-state index contributed by atoms with van der Waals surface area (Å²) >= 11 is 0. The fraction of sp³-hybridized carbons (Fsp3) is 0.389. The molecule has 1 aromatic heterocycles. The smallest absolute Gasteiger partial charge is 0.126 e. The van der Waals surface area contributed by atoms with Crippen LogP contribution in [-0.4, -0.2) is 10.1 Å². The summed E-state index contributed by atoms with van der Waals surface area (Å²) in [5.74, 6) is -0.228. The molecular weight excluding hydrogens is 265 g/mol. The number of halogens is 1. The zero-order chi connectivity index (χ0) is 14.9. The number of hydrogen-bond donors (Lipinski definition) is 1. The lowest BCUT2D eigenvalue weighted by Gasteiger charge is -2.49. The summed E-state index contributed by atoms with van der Waals surface area (Å²) in [5, 5.41) is 10.8. The molecule has 3 rings (SSSR count). The quantitative estimate of drug-likeness (QED) is 0.912. The maximum atomic E-state index is 14.1. The van der Waals surface area contributed by atoms with Gasteiger partial charge in [-0.2, -0.15) is 0 Å². The molecule has 1 heterocycles. The zero-order valence-corrected chi connectivity index (χ0v) is 12.2. The van der Waals surface area contributed by atoms with E-state index in [4.69, 9.17) is 0 Å². The first-order valence-corrected chi connectivity index (χ1v) is 7.48. The highest BCUT2D eigenvalue weighted by molar-refractivity contribution is 5.27. The molecule has 21 heavy (non-hydrogen) atoms. The summed E-state index contributed by atoms with van der Waals surface area (Å²) in [4.78, 5) is 4.28. The van der Waals surface area contributed by atoms with Crippen LogP contribution in [0.4, 0.5) is 4.39 Å². The van der Waals surface area contributed by atoms with Crippen molar-refractivity contribution < 1.29 is 9.50 Å². The highest BCUT2D eigenvalue weighted by Crippen LogP contribution is 2.58. The minimum atomic E-state index is -0.651. The Morgan fingerprint density at radius 2 is 1.86 bits per heavy atom. The Bertz CT molecular complexity index is 610. The molecule has 0 spiro atoms. The summed E-state index contributed by atoms with van der Waals surface area (Å²) in [6, 6.07) is 12.4. The predicted octanol–water partition coefficient (Wildman–Crippen LogP) is 4.23. The molecule has 0 aliphatic heterocycles. The molecule has 0 bridgehead atoms. The van der Waals surface area contributed by atoms with Gasteiger partial charge in [0.15, 0.2) is 0 Å². The Balaban J connectivity index is 1.95. The molecule has 0 radical (unpaired) electrons. The van der Waals surface area contributed by atoms with Crippen molar-refractivity contribution in [2.24, 2.45) is 5.41 Å². The molecule has 110 valence electrons. The normalized spacial score (nSPS) is 19.6. The number of pyridine rings is 1. The number of aliphatic hydroxyl groups is 1. The fourth-order valence-electron chi connectivity index (χ4n) is 3.50. The van der Waals surface area contributed by atoms with Gasteiger partial charge in [0.1, 0.15) is 11.9 Å². The molecule has 1 N–H and O–H groups in total. The first-order chi connectivity index (χ1) is 10.1. The van der Waals surface area contributed by atoms with E-state index in [1.165, 1.54) is 6.07 Å². The molecule has 2 nitrogen and oxygen atoms in total. The van der Waals surface area contributed by atoms with Crippen LogP contribution in [0, 0.1) is 11.2 Å². The summed E-state index contributed by atoms with van der Waals surface area (Å²) in [6.07, 6.45) is 3.92. The van der Waals surface area contributed by atoms with Crippen molar-refractivity contribution in [3.05, 3.63) is 65.7 Å². The molecule has 1 saturated carbocycles. The van der Waals surface area contributed by atoms with E-state index in [9.17, 15) is 9.50 Å². The number of hydrogen-bond acceptors (Lipinski definition) is 2. The molecular formula is C18H20FNO. The van der Waals surface area contributed by atoms with E-state index in [1.807, 2.05) is 37.3 Å². The largest absolute Gasteiger partial charge is 0.386 e. The zero-order valence-electron chi connectivity index (χ0n) is 12.2. The highest BCUT2D eigenvalue weighted by Gasteiger charge is 2.49. The molecule has 0 amide bonds. The van der Waals surface area contributed by atoms with E-state index in [0.29, 0.717) is 11.3 Å². The Morgan fingerprint density at radius 3 is 2.43 bits per heavy atom. The van der Waals surface area contributed by atoms with Crippen LogP contribution < -0.4 is 0 Å². The van der Waals surface area contributed by atoms with Gasteiger partial charge in [-0.15, -0.1) is 0 Å². The standard InChI is InChI=1S/C18H20FNO/c1-13(14-7-2-3-8-15(14)19)18(10-6-11-18)17(21)16-9-4-5-12-20-16/h2-5,7-9,12-13,17,21H,6,10-11H2,1H3. The van der Waals surface area contributed by atoms with Gasteiger partial charge in [-0.25, -0.2) is 4.39 Å². The molecule has 2 aromatic rings. The van der Waals surface area contributed by atoms with Gasteiger partial charge >= 0.3 is 0 Å². The van der Waals surface area contributed by atoms with Crippen LogP contribution in [0.3, 0.4) is 0 Å². The maximum absolute atomic E-state index is 14.1. The topological polar surface area (TPSA) is 33.1 Å². The van der Waals surface area contributed by atoms with Crippen molar-refractivity contribution in [1.82, 2.24) is 4.98 Å².